The summed E-state index contributed by atoms with van der Waals surface area (Å²) in [7, 11) is 0. The normalized spacial score (nSPS) is 16.1. The smallest absolute Gasteiger partial charge is 0.337 e. The van der Waals surface area contributed by atoms with Crippen LogP contribution in [-0.2, 0) is 16.1 Å². The largest absolute Gasteiger partial charge is 0.341 e. The van der Waals surface area contributed by atoms with E-state index in [9.17, 15) is 14.4 Å². The van der Waals surface area contributed by atoms with Gasteiger partial charge in [-0.2, -0.15) is 0 Å². The molecule has 0 saturated carbocycles. The Hall–Kier alpha value is -4.74. The summed E-state index contributed by atoms with van der Waals surface area (Å²) in [5.41, 5.74) is 8.91. The van der Waals surface area contributed by atoms with Crippen LogP contribution in [0.15, 0.2) is 123 Å². The van der Waals surface area contributed by atoms with E-state index in [0.29, 0.717) is 11.3 Å². The molecule has 2 atom stereocenters. The Morgan fingerprint density at radius 1 is 0.818 bits per heavy atom. The average molecular weight is 714 g/mol. The second-order valence-electron chi connectivity index (χ2n) is 10.2. The number of nitrogens with zero attached hydrogens (tertiary/aromatic N) is 2. The van der Waals surface area contributed by atoms with Crippen LogP contribution in [0.25, 0.3) is 10.9 Å². The van der Waals surface area contributed by atoms with E-state index < -0.39 is 11.9 Å². The van der Waals surface area contributed by atoms with Gasteiger partial charge in [0.15, 0.2) is 0 Å². The van der Waals surface area contributed by atoms with Crippen molar-refractivity contribution in [3.8, 4) is 0 Å². The molecule has 4 N–H and O–H groups in total. The molecule has 44 heavy (non-hydrogen) atoms. The Labute approximate surface area is 270 Å². The summed E-state index contributed by atoms with van der Waals surface area (Å²) in [5.74, 6) is -0.760. The van der Waals surface area contributed by atoms with Crippen LogP contribution in [0.3, 0.4) is 0 Å². The summed E-state index contributed by atoms with van der Waals surface area (Å²) in [4.78, 5) is 43.9. The zero-order valence-corrected chi connectivity index (χ0v) is 26.3. The van der Waals surface area contributed by atoms with E-state index in [1.165, 1.54) is 0 Å². The van der Waals surface area contributed by atoms with Gasteiger partial charge in [-0.05, 0) is 53.6 Å². The van der Waals surface area contributed by atoms with E-state index in [4.69, 9.17) is 4.99 Å². The summed E-state index contributed by atoms with van der Waals surface area (Å²) >= 11 is 6.89. The van der Waals surface area contributed by atoms with Crippen molar-refractivity contribution < 1.29 is 14.4 Å². The minimum absolute atomic E-state index is 0.111. The predicted octanol–water partition coefficient (Wildman–Crippen LogP) is 6.42. The number of aromatic nitrogens is 1. The standard InChI is InChI=1S/C33H26Br2N6O3/c34-22-11-14-24(15-12-22)36-33(44)40-39-28(42)19-41-18-26(25-17-23(35)13-16-27(25)41)31-32(43)38-30(21-9-5-2-6-10-21)29(37-31)20-7-3-1-4-8-20/h1-18,29-30H,19H2,(H,38,43)(H,39,42)(H2,36,40,44)/t29-,30-/m0/s1. The summed E-state index contributed by atoms with van der Waals surface area (Å²) in [6, 6.07) is 31.0. The summed E-state index contributed by atoms with van der Waals surface area (Å²) in [6.45, 7) is -0.111. The van der Waals surface area contributed by atoms with Gasteiger partial charge in [-0.25, -0.2) is 10.2 Å². The van der Waals surface area contributed by atoms with Gasteiger partial charge in [0.25, 0.3) is 11.8 Å². The molecule has 1 aliphatic heterocycles. The molecule has 9 nitrogen and oxygen atoms in total. The number of urea groups is 1. The van der Waals surface area contributed by atoms with Crippen LogP contribution in [0.1, 0.15) is 28.8 Å². The van der Waals surface area contributed by atoms with E-state index in [0.717, 1.165) is 31.0 Å². The first-order valence-electron chi connectivity index (χ1n) is 13.7. The van der Waals surface area contributed by atoms with E-state index in [1.54, 1.807) is 35.0 Å². The van der Waals surface area contributed by atoms with Crippen molar-refractivity contribution in [1.29, 1.82) is 0 Å². The molecule has 0 aliphatic carbocycles. The van der Waals surface area contributed by atoms with Gasteiger partial charge in [-0.1, -0.05) is 92.5 Å². The van der Waals surface area contributed by atoms with Gasteiger partial charge in [0.2, 0.25) is 0 Å². The van der Waals surface area contributed by atoms with Crippen molar-refractivity contribution >= 4 is 72.0 Å². The lowest BCUT2D eigenvalue weighted by molar-refractivity contribution is -0.122. The lowest BCUT2D eigenvalue weighted by atomic mass is 9.91. The van der Waals surface area contributed by atoms with Crippen LogP contribution in [0.2, 0.25) is 0 Å². The number of hydrazine groups is 1. The summed E-state index contributed by atoms with van der Waals surface area (Å²) in [6.07, 6.45) is 1.75. The van der Waals surface area contributed by atoms with Gasteiger partial charge in [-0.15, -0.1) is 0 Å². The fourth-order valence-electron chi connectivity index (χ4n) is 5.20. The monoisotopic (exact) mass is 712 g/mol. The average Bonchev–Trinajstić information content (AvgIpc) is 3.38. The Morgan fingerprint density at radius 3 is 2.18 bits per heavy atom. The lowest BCUT2D eigenvalue weighted by Gasteiger charge is -2.31. The molecule has 0 bridgehead atoms. The number of rotatable bonds is 6. The molecular weight excluding hydrogens is 688 g/mol. The Balaban J connectivity index is 1.28. The maximum Gasteiger partial charge on any atom is 0.337 e. The third-order valence-electron chi connectivity index (χ3n) is 7.22. The van der Waals surface area contributed by atoms with Gasteiger partial charge in [0, 0.05) is 37.3 Å². The number of anilines is 1. The molecule has 4 aromatic carbocycles. The van der Waals surface area contributed by atoms with Crippen molar-refractivity contribution in [2.24, 2.45) is 4.99 Å². The maximum absolute atomic E-state index is 13.7. The highest BCUT2D eigenvalue weighted by Crippen LogP contribution is 2.37. The van der Waals surface area contributed by atoms with Gasteiger partial charge in [-0.3, -0.25) is 20.0 Å². The lowest BCUT2D eigenvalue weighted by Crippen LogP contribution is -2.45. The Morgan fingerprint density at radius 2 is 1.48 bits per heavy atom. The number of hydrogen-bond acceptors (Lipinski definition) is 4. The number of benzene rings is 4. The number of halogens is 2. The SMILES string of the molecule is O=C(Cn1cc(C2=N[C@@H](c3ccccc3)[C@H](c3ccccc3)NC2=O)c2cc(Br)ccc21)NNC(=O)Nc1ccc(Br)cc1. The molecule has 0 radical (unpaired) electrons. The minimum Gasteiger partial charge on any atom is -0.341 e. The summed E-state index contributed by atoms with van der Waals surface area (Å²) in [5, 5.41) is 6.60. The van der Waals surface area contributed by atoms with E-state index in [1.807, 2.05) is 78.9 Å². The number of hydrogen-bond donors (Lipinski definition) is 4. The highest BCUT2D eigenvalue weighted by molar-refractivity contribution is 9.10. The zero-order valence-electron chi connectivity index (χ0n) is 23.1. The predicted molar refractivity (Wildman–Crippen MR) is 177 cm³/mol. The number of nitrogens with one attached hydrogen (secondary N) is 4. The van der Waals surface area contributed by atoms with Crippen LogP contribution < -0.4 is 21.5 Å². The van der Waals surface area contributed by atoms with Crippen LogP contribution in [0.5, 0.6) is 0 Å². The van der Waals surface area contributed by atoms with Gasteiger partial charge >= 0.3 is 6.03 Å². The molecule has 4 amide bonds. The first kappa shape index (κ1) is 29.3. The zero-order chi connectivity index (χ0) is 30.6. The van der Waals surface area contributed by atoms with Crippen molar-refractivity contribution in [2.45, 2.75) is 18.6 Å². The number of amides is 4. The summed E-state index contributed by atoms with van der Waals surface area (Å²) < 4.78 is 3.43. The van der Waals surface area contributed by atoms with Gasteiger partial charge in [0.05, 0.1) is 6.04 Å². The first-order valence-corrected chi connectivity index (χ1v) is 15.3. The minimum atomic E-state index is -0.587. The number of carbonyl (C=O) groups is 3. The first-order chi connectivity index (χ1) is 21.4. The molecule has 0 spiro atoms. The van der Waals surface area contributed by atoms with E-state index in [2.05, 4.69) is 53.3 Å². The highest BCUT2D eigenvalue weighted by Gasteiger charge is 2.34. The molecule has 1 aromatic heterocycles. The molecule has 2 heterocycles. The van der Waals surface area contributed by atoms with E-state index in [-0.39, 0.29) is 30.2 Å². The highest BCUT2D eigenvalue weighted by atomic mass is 79.9. The molecule has 0 saturated heterocycles. The number of fused-ring (bicyclic) bond motifs is 1. The second-order valence-corrected chi connectivity index (χ2v) is 12.0. The topological polar surface area (TPSA) is 117 Å². The maximum atomic E-state index is 13.7. The fourth-order valence-corrected chi connectivity index (χ4v) is 5.83. The second kappa shape index (κ2) is 12.9. The van der Waals surface area contributed by atoms with Crippen LogP contribution in [0.4, 0.5) is 10.5 Å². The van der Waals surface area contributed by atoms with Crippen molar-refractivity contribution in [3.05, 3.63) is 135 Å². The number of carbonyl (C=O) groups excluding carboxylic acids is 3. The third-order valence-corrected chi connectivity index (χ3v) is 8.24. The van der Waals surface area contributed by atoms with Crippen LogP contribution in [-0.4, -0.2) is 28.1 Å². The van der Waals surface area contributed by atoms with Crippen molar-refractivity contribution in [1.82, 2.24) is 20.7 Å². The quantitative estimate of drug-likeness (QED) is 0.152. The molecule has 0 unspecified atom stereocenters. The Kier molecular flexibility index (Phi) is 8.58. The fraction of sp³-hybridized carbons (Fsp3) is 0.0909. The van der Waals surface area contributed by atoms with Crippen LogP contribution >= 0.6 is 31.9 Å². The third kappa shape index (κ3) is 6.43. The van der Waals surface area contributed by atoms with Crippen molar-refractivity contribution in [2.75, 3.05) is 5.32 Å². The van der Waals surface area contributed by atoms with E-state index >= 15 is 0 Å². The number of aliphatic imine (C=N–C) groups is 1. The Bertz CT molecular complexity index is 1870. The molecule has 220 valence electrons. The molecular formula is C33H26Br2N6O3. The van der Waals surface area contributed by atoms with Gasteiger partial charge < -0.3 is 15.2 Å². The van der Waals surface area contributed by atoms with Crippen LogP contribution in [0, 0.1) is 0 Å². The van der Waals surface area contributed by atoms with Gasteiger partial charge in [0.1, 0.15) is 18.3 Å². The molecule has 6 rings (SSSR count). The molecule has 11 heteroatoms. The molecule has 0 fully saturated rings. The molecule has 5 aromatic rings. The molecule has 1 aliphatic rings. The van der Waals surface area contributed by atoms with Crippen molar-refractivity contribution in [3.63, 3.8) is 0 Å².